The highest BCUT2D eigenvalue weighted by atomic mass is 16.7. The monoisotopic (exact) mass is 678 g/mol. The van der Waals surface area contributed by atoms with Crippen molar-refractivity contribution in [2.45, 2.75) is 25.1 Å². The molecule has 6 aromatic rings. The van der Waals surface area contributed by atoms with Crippen LogP contribution >= 0.6 is 0 Å². The minimum absolute atomic E-state index is 0.0685. The summed E-state index contributed by atoms with van der Waals surface area (Å²) >= 11 is 0. The highest BCUT2D eigenvalue weighted by molar-refractivity contribution is 5.94. The molecule has 6 aromatic carbocycles. The van der Waals surface area contributed by atoms with Crippen molar-refractivity contribution >= 4 is 11.9 Å². The van der Waals surface area contributed by atoms with Gasteiger partial charge in [0.05, 0.1) is 11.1 Å². The van der Waals surface area contributed by atoms with Gasteiger partial charge in [-0.2, -0.15) is 0 Å². The zero-order valence-corrected chi connectivity index (χ0v) is 27.3. The summed E-state index contributed by atoms with van der Waals surface area (Å²) in [5, 5.41) is 10.0. The Morgan fingerprint density at radius 1 is 0.588 bits per heavy atom. The molecule has 9 nitrogen and oxygen atoms in total. The van der Waals surface area contributed by atoms with Crippen LogP contribution in [0.15, 0.2) is 146 Å². The summed E-state index contributed by atoms with van der Waals surface area (Å²) < 4.78 is 37.9. The molecule has 2 heterocycles. The Balaban J connectivity index is 1.17. The van der Waals surface area contributed by atoms with E-state index in [1.807, 2.05) is 121 Å². The van der Waals surface area contributed by atoms with Crippen LogP contribution in [0.5, 0.6) is 34.5 Å². The minimum Gasteiger partial charge on any atom is -0.485 e. The second kappa shape index (κ2) is 12.6. The third-order valence-corrected chi connectivity index (χ3v) is 8.67. The molecule has 0 aliphatic carbocycles. The van der Waals surface area contributed by atoms with Crippen molar-refractivity contribution in [1.29, 1.82) is 0 Å². The first-order valence-electron chi connectivity index (χ1n) is 16.2. The molecule has 9 heteroatoms. The Morgan fingerprint density at radius 3 is 1.71 bits per heavy atom. The number of benzene rings is 6. The number of carboxylic acids is 1. The molecular formula is C42H30O9. The van der Waals surface area contributed by atoms with E-state index >= 15 is 0 Å². The zero-order chi connectivity index (χ0) is 35.0. The number of carbonyl (C=O) groups is 2. The SMILES string of the molecule is CC1(c2ccccc2)Oc2cc(C(=O)Oc3cc(C(=O)O)cc4c3OC(c3ccccc3)(c3ccccc3)O4)cc(OCc3ccccc3)c2O1. The number of ether oxygens (including phenoxy) is 6. The van der Waals surface area contributed by atoms with Gasteiger partial charge in [0, 0.05) is 23.6 Å². The van der Waals surface area contributed by atoms with Crippen molar-refractivity contribution in [3.05, 3.63) is 179 Å². The maximum absolute atomic E-state index is 14.0. The fourth-order valence-electron chi connectivity index (χ4n) is 6.15. The van der Waals surface area contributed by atoms with Crippen molar-refractivity contribution in [2.75, 3.05) is 0 Å². The highest BCUT2D eigenvalue weighted by Gasteiger charge is 2.47. The Bertz CT molecular complexity index is 2200. The van der Waals surface area contributed by atoms with Gasteiger partial charge in [-0.25, -0.2) is 9.59 Å². The summed E-state index contributed by atoms with van der Waals surface area (Å²) in [6, 6.07) is 43.1. The summed E-state index contributed by atoms with van der Waals surface area (Å²) in [4.78, 5) is 26.3. The molecule has 0 saturated heterocycles. The third-order valence-electron chi connectivity index (χ3n) is 8.67. The van der Waals surface area contributed by atoms with Gasteiger partial charge in [-0.3, -0.25) is 0 Å². The van der Waals surface area contributed by atoms with Gasteiger partial charge in [-0.1, -0.05) is 121 Å². The summed E-state index contributed by atoms with van der Waals surface area (Å²) in [6.07, 6.45) is 0. The third kappa shape index (κ3) is 5.84. The van der Waals surface area contributed by atoms with Gasteiger partial charge in [-0.15, -0.1) is 0 Å². The lowest BCUT2D eigenvalue weighted by Gasteiger charge is -2.28. The fraction of sp³-hybridized carbons (Fsp3) is 0.0952. The van der Waals surface area contributed by atoms with Crippen LogP contribution in [-0.2, 0) is 18.2 Å². The van der Waals surface area contributed by atoms with Crippen molar-refractivity contribution in [3.63, 3.8) is 0 Å². The van der Waals surface area contributed by atoms with Gasteiger partial charge >= 0.3 is 17.7 Å². The van der Waals surface area contributed by atoms with E-state index in [0.717, 1.165) is 11.1 Å². The summed E-state index contributed by atoms with van der Waals surface area (Å²) in [5.74, 6) is -3.84. The lowest BCUT2D eigenvalue weighted by atomic mass is 9.97. The Labute approximate surface area is 293 Å². The standard InChI is InChI=1S/C42H30O9/c1-41(30-16-8-3-9-17-30)48-35-25-29(24-33(37(35)50-41)46-26-27-14-6-2-7-15-27)40(45)47-34-22-28(39(43)44)23-36-38(34)51-42(49-36,31-18-10-4-11-19-31)32-20-12-5-13-21-32/h2-25H,26H2,1H3,(H,43,44). The van der Waals surface area contributed by atoms with Crippen LogP contribution in [0.2, 0.25) is 0 Å². The lowest BCUT2D eigenvalue weighted by molar-refractivity contribution is -0.0689. The summed E-state index contributed by atoms with van der Waals surface area (Å²) in [5.41, 5.74) is 2.88. The number of aromatic carboxylic acids is 1. The smallest absolute Gasteiger partial charge is 0.343 e. The van der Waals surface area contributed by atoms with Crippen LogP contribution in [0.4, 0.5) is 0 Å². The molecule has 0 fully saturated rings. The first-order chi connectivity index (χ1) is 24.8. The average Bonchev–Trinajstić information content (AvgIpc) is 3.75. The quantitative estimate of drug-likeness (QED) is 0.119. The van der Waals surface area contributed by atoms with Gasteiger partial charge in [-0.05, 0) is 29.8 Å². The molecule has 0 aromatic heterocycles. The van der Waals surface area contributed by atoms with Crippen LogP contribution in [-0.4, -0.2) is 17.0 Å². The van der Waals surface area contributed by atoms with E-state index in [0.29, 0.717) is 16.9 Å². The Morgan fingerprint density at radius 2 is 1.10 bits per heavy atom. The van der Waals surface area contributed by atoms with Crippen molar-refractivity contribution < 1.29 is 43.1 Å². The molecule has 2 aliphatic heterocycles. The number of rotatable bonds is 9. The first kappa shape index (κ1) is 31.5. The largest absolute Gasteiger partial charge is 0.485 e. The molecule has 51 heavy (non-hydrogen) atoms. The van der Waals surface area contributed by atoms with E-state index in [-0.39, 0.29) is 46.5 Å². The highest BCUT2D eigenvalue weighted by Crippen LogP contribution is 2.53. The maximum Gasteiger partial charge on any atom is 0.343 e. The number of hydrogen-bond acceptors (Lipinski definition) is 8. The summed E-state index contributed by atoms with van der Waals surface area (Å²) in [7, 11) is 0. The first-order valence-corrected chi connectivity index (χ1v) is 16.2. The molecule has 1 unspecified atom stereocenters. The molecule has 1 atom stereocenters. The van der Waals surface area contributed by atoms with E-state index < -0.39 is 23.5 Å². The molecule has 1 N–H and O–H groups in total. The molecule has 8 rings (SSSR count). The zero-order valence-electron chi connectivity index (χ0n) is 27.3. The number of fused-ring (bicyclic) bond motifs is 2. The van der Waals surface area contributed by atoms with Gasteiger partial charge in [0.1, 0.15) is 6.61 Å². The van der Waals surface area contributed by atoms with Crippen LogP contribution in [0.25, 0.3) is 0 Å². The number of carboxylic acid groups (broad SMARTS) is 1. The van der Waals surface area contributed by atoms with Gasteiger partial charge in [0.2, 0.25) is 11.5 Å². The fourth-order valence-corrected chi connectivity index (χ4v) is 6.15. The molecule has 0 radical (unpaired) electrons. The van der Waals surface area contributed by atoms with Crippen molar-refractivity contribution in [3.8, 4) is 34.5 Å². The van der Waals surface area contributed by atoms with Crippen LogP contribution < -0.4 is 28.4 Å². The molecule has 0 saturated carbocycles. The molecular weight excluding hydrogens is 648 g/mol. The number of carbonyl (C=O) groups excluding carboxylic acids is 1. The van der Waals surface area contributed by atoms with Crippen LogP contribution in [0, 0.1) is 0 Å². The second-order valence-electron chi connectivity index (χ2n) is 12.1. The number of hydrogen-bond donors (Lipinski definition) is 1. The van der Waals surface area contributed by atoms with Crippen molar-refractivity contribution in [2.24, 2.45) is 0 Å². The maximum atomic E-state index is 14.0. The minimum atomic E-state index is -1.48. The average molecular weight is 679 g/mol. The second-order valence-corrected chi connectivity index (χ2v) is 12.1. The predicted octanol–water partition coefficient (Wildman–Crippen LogP) is 8.50. The molecule has 2 aliphatic rings. The van der Waals surface area contributed by atoms with Crippen LogP contribution in [0.1, 0.15) is 49.9 Å². The van der Waals surface area contributed by atoms with Crippen molar-refractivity contribution in [1.82, 2.24) is 0 Å². The molecule has 0 amide bonds. The lowest BCUT2D eigenvalue weighted by Crippen LogP contribution is -2.36. The molecule has 0 bridgehead atoms. The summed E-state index contributed by atoms with van der Waals surface area (Å²) in [6.45, 7) is 1.97. The topological polar surface area (TPSA) is 110 Å². The Kier molecular flexibility index (Phi) is 7.80. The van der Waals surface area contributed by atoms with E-state index in [4.69, 9.17) is 28.4 Å². The Hall–Kier alpha value is -6.74. The van der Waals surface area contributed by atoms with Crippen LogP contribution in [0.3, 0.4) is 0 Å². The molecule has 0 spiro atoms. The van der Waals surface area contributed by atoms with Gasteiger partial charge in [0.15, 0.2) is 23.0 Å². The van der Waals surface area contributed by atoms with Gasteiger partial charge in [0.25, 0.3) is 5.79 Å². The van der Waals surface area contributed by atoms with E-state index in [9.17, 15) is 14.7 Å². The van der Waals surface area contributed by atoms with E-state index in [1.54, 1.807) is 6.92 Å². The van der Waals surface area contributed by atoms with E-state index in [1.165, 1.54) is 24.3 Å². The van der Waals surface area contributed by atoms with E-state index in [2.05, 4.69) is 0 Å². The normalized spacial score (nSPS) is 16.3. The van der Waals surface area contributed by atoms with Gasteiger partial charge < -0.3 is 33.5 Å². The number of esters is 1. The molecule has 252 valence electrons. The predicted molar refractivity (Wildman–Crippen MR) is 186 cm³/mol.